The van der Waals surface area contributed by atoms with Crippen molar-refractivity contribution in [2.75, 3.05) is 5.32 Å². The van der Waals surface area contributed by atoms with Crippen LogP contribution >= 0.6 is 11.3 Å². The molecule has 0 saturated heterocycles. The van der Waals surface area contributed by atoms with Crippen LogP contribution in [-0.2, 0) is 0 Å². The van der Waals surface area contributed by atoms with Crippen molar-refractivity contribution >= 4 is 27.4 Å². The van der Waals surface area contributed by atoms with Crippen molar-refractivity contribution in [3.63, 3.8) is 0 Å². The number of hydrogen-bond acceptors (Lipinski definition) is 6. The minimum Gasteiger partial charge on any atom is -0.366 e. The lowest BCUT2D eigenvalue weighted by atomic mass is 10.2. The number of pyridine rings is 1. The van der Waals surface area contributed by atoms with E-state index >= 15 is 0 Å². The number of H-pyrrole nitrogens is 1. The van der Waals surface area contributed by atoms with Crippen LogP contribution in [0.1, 0.15) is 25.7 Å². The summed E-state index contributed by atoms with van der Waals surface area (Å²) in [4.78, 5) is 13.8. The minimum absolute atomic E-state index is 0.496. The molecule has 0 aromatic carbocycles. The molecule has 2 N–H and O–H groups in total. The number of rotatable bonds is 4. The summed E-state index contributed by atoms with van der Waals surface area (Å²) in [6.07, 6.45) is 10.3. The summed E-state index contributed by atoms with van der Waals surface area (Å²) in [6, 6.07) is 6.36. The summed E-state index contributed by atoms with van der Waals surface area (Å²) in [5.74, 6) is 1.66. The molecule has 1 aliphatic rings. The van der Waals surface area contributed by atoms with Crippen molar-refractivity contribution in [3.8, 4) is 22.6 Å². The van der Waals surface area contributed by atoms with E-state index in [4.69, 9.17) is 9.97 Å². The molecule has 1 saturated carbocycles. The van der Waals surface area contributed by atoms with Gasteiger partial charge in [-0.15, -0.1) is 11.3 Å². The van der Waals surface area contributed by atoms with Crippen LogP contribution in [0.2, 0.25) is 0 Å². The van der Waals surface area contributed by atoms with Gasteiger partial charge in [0.05, 0.1) is 15.9 Å². The maximum Gasteiger partial charge on any atom is 0.162 e. The van der Waals surface area contributed by atoms with Crippen LogP contribution in [0.5, 0.6) is 0 Å². The smallest absolute Gasteiger partial charge is 0.162 e. The summed E-state index contributed by atoms with van der Waals surface area (Å²) >= 11 is 1.68. The molecular formula is C19H18N6S. The Kier molecular flexibility index (Phi) is 3.86. The van der Waals surface area contributed by atoms with E-state index in [0.29, 0.717) is 6.04 Å². The Labute approximate surface area is 154 Å². The zero-order chi connectivity index (χ0) is 17.3. The van der Waals surface area contributed by atoms with Crippen molar-refractivity contribution in [1.29, 1.82) is 0 Å². The normalized spacial score (nSPS) is 14.9. The van der Waals surface area contributed by atoms with Gasteiger partial charge in [0.25, 0.3) is 0 Å². The third-order valence-electron chi connectivity index (χ3n) is 4.84. The SMILES string of the molecule is c1cc(-c2nc(NC3CCCC3)c3scc(-c4ccn[nH]4)c3n2)ccn1. The van der Waals surface area contributed by atoms with E-state index in [2.05, 4.69) is 25.9 Å². The third-order valence-corrected chi connectivity index (χ3v) is 5.82. The highest BCUT2D eigenvalue weighted by Gasteiger charge is 2.20. The molecule has 130 valence electrons. The Morgan fingerprint density at radius 2 is 1.88 bits per heavy atom. The molecule has 4 aromatic heterocycles. The van der Waals surface area contributed by atoms with Gasteiger partial charge in [-0.25, -0.2) is 9.97 Å². The standard InChI is InChI=1S/C19H18N6S/c1-2-4-13(3-1)22-19-17-16(14(11-26-17)15-7-10-21-25-15)23-18(24-19)12-5-8-20-9-6-12/h5-11,13H,1-4H2,(H,21,25)(H,22,23,24). The van der Waals surface area contributed by atoms with E-state index in [9.17, 15) is 0 Å². The van der Waals surface area contributed by atoms with Gasteiger partial charge in [0.15, 0.2) is 5.82 Å². The second-order valence-corrected chi connectivity index (χ2v) is 7.43. The van der Waals surface area contributed by atoms with Crippen LogP contribution in [0.15, 0.2) is 42.2 Å². The largest absolute Gasteiger partial charge is 0.366 e. The molecule has 0 bridgehead atoms. The quantitative estimate of drug-likeness (QED) is 0.559. The lowest BCUT2D eigenvalue weighted by molar-refractivity contribution is 0.752. The number of thiophene rings is 1. The van der Waals surface area contributed by atoms with Crippen molar-refractivity contribution in [2.45, 2.75) is 31.7 Å². The van der Waals surface area contributed by atoms with Crippen LogP contribution in [0.4, 0.5) is 5.82 Å². The van der Waals surface area contributed by atoms with Gasteiger partial charge >= 0.3 is 0 Å². The molecule has 0 aliphatic heterocycles. The zero-order valence-corrected chi connectivity index (χ0v) is 15.0. The van der Waals surface area contributed by atoms with Gasteiger partial charge in [-0.1, -0.05) is 12.8 Å². The molecule has 26 heavy (non-hydrogen) atoms. The van der Waals surface area contributed by atoms with E-state index in [0.717, 1.165) is 38.7 Å². The predicted molar refractivity (Wildman–Crippen MR) is 104 cm³/mol. The average molecular weight is 362 g/mol. The number of anilines is 1. The highest BCUT2D eigenvalue weighted by Crippen LogP contribution is 2.37. The monoisotopic (exact) mass is 362 g/mol. The zero-order valence-electron chi connectivity index (χ0n) is 14.1. The van der Waals surface area contributed by atoms with Crippen molar-refractivity contribution in [2.24, 2.45) is 0 Å². The fourth-order valence-electron chi connectivity index (χ4n) is 3.51. The summed E-state index contributed by atoms with van der Waals surface area (Å²) in [7, 11) is 0. The maximum absolute atomic E-state index is 4.88. The fourth-order valence-corrected chi connectivity index (χ4v) is 4.46. The molecule has 0 radical (unpaired) electrons. The number of nitrogens with zero attached hydrogens (tertiary/aromatic N) is 4. The van der Waals surface area contributed by atoms with Gasteiger partial charge in [-0.05, 0) is 31.0 Å². The Bertz CT molecular complexity index is 1020. The van der Waals surface area contributed by atoms with Crippen LogP contribution in [-0.4, -0.2) is 31.2 Å². The average Bonchev–Trinajstić information content (AvgIpc) is 3.43. The molecule has 0 spiro atoms. The molecule has 5 rings (SSSR count). The van der Waals surface area contributed by atoms with Crippen molar-refractivity contribution in [3.05, 3.63) is 42.2 Å². The topological polar surface area (TPSA) is 79.4 Å². The number of aromatic amines is 1. The van der Waals surface area contributed by atoms with E-state index in [1.807, 2.05) is 18.2 Å². The number of aromatic nitrogens is 5. The lowest BCUT2D eigenvalue weighted by Crippen LogP contribution is -2.16. The summed E-state index contributed by atoms with van der Waals surface area (Å²) in [5.41, 5.74) is 3.97. The number of nitrogens with one attached hydrogen (secondary N) is 2. The Morgan fingerprint density at radius 1 is 1.04 bits per heavy atom. The van der Waals surface area contributed by atoms with Gasteiger partial charge < -0.3 is 5.32 Å². The molecule has 1 aliphatic carbocycles. The molecule has 4 aromatic rings. The second-order valence-electron chi connectivity index (χ2n) is 6.55. The first kappa shape index (κ1) is 15.5. The highest BCUT2D eigenvalue weighted by molar-refractivity contribution is 7.18. The van der Waals surface area contributed by atoms with E-state index < -0.39 is 0 Å². The number of hydrogen-bond donors (Lipinski definition) is 2. The van der Waals surface area contributed by atoms with E-state index in [-0.39, 0.29) is 0 Å². The Balaban J connectivity index is 1.68. The van der Waals surface area contributed by atoms with Gasteiger partial charge in [-0.3, -0.25) is 10.1 Å². The molecule has 7 heteroatoms. The van der Waals surface area contributed by atoms with Crippen LogP contribution in [0, 0.1) is 0 Å². The minimum atomic E-state index is 0.496. The van der Waals surface area contributed by atoms with Crippen molar-refractivity contribution < 1.29 is 0 Å². The molecular weight excluding hydrogens is 344 g/mol. The van der Waals surface area contributed by atoms with Gasteiger partial charge in [0, 0.05) is 41.1 Å². The summed E-state index contributed by atoms with van der Waals surface area (Å²) < 4.78 is 1.10. The summed E-state index contributed by atoms with van der Waals surface area (Å²) in [6.45, 7) is 0. The molecule has 4 heterocycles. The first-order valence-corrected chi connectivity index (χ1v) is 9.72. The Morgan fingerprint density at radius 3 is 2.65 bits per heavy atom. The first-order chi connectivity index (χ1) is 12.9. The lowest BCUT2D eigenvalue weighted by Gasteiger charge is -2.14. The molecule has 0 atom stereocenters. The molecule has 1 fully saturated rings. The second kappa shape index (κ2) is 6.49. The third kappa shape index (κ3) is 2.74. The highest BCUT2D eigenvalue weighted by atomic mass is 32.1. The van der Waals surface area contributed by atoms with Gasteiger partial charge in [0.1, 0.15) is 5.82 Å². The van der Waals surface area contributed by atoms with Gasteiger partial charge in [-0.2, -0.15) is 5.10 Å². The molecule has 6 nitrogen and oxygen atoms in total. The predicted octanol–water partition coefficient (Wildman–Crippen LogP) is 4.50. The molecule has 0 unspecified atom stereocenters. The first-order valence-electron chi connectivity index (χ1n) is 8.84. The summed E-state index contributed by atoms with van der Waals surface area (Å²) in [5, 5.41) is 12.9. The van der Waals surface area contributed by atoms with Crippen molar-refractivity contribution in [1.82, 2.24) is 25.1 Å². The maximum atomic E-state index is 4.88. The van der Waals surface area contributed by atoms with Crippen LogP contribution in [0.3, 0.4) is 0 Å². The van der Waals surface area contributed by atoms with E-state index in [1.54, 1.807) is 29.9 Å². The van der Waals surface area contributed by atoms with E-state index in [1.165, 1.54) is 25.7 Å². The van der Waals surface area contributed by atoms with Crippen LogP contribution in [0.25, 0.3) is 32.9 Å². The van der Waals surface area contributed by atoms with Crippen LogP contribution < -0.4 is 5.32 Å². The fraction of sp³-hybridized carbons (Fsp3) is 0.263. The molecule has 0 amide bonds. The Hall–Kier alpha value is -2.80. The van der Waals surface area contributed by atoms with Gasteiger partial charge in [0.2, 0.25) is 0 Å². The number of fused-ring (bicyclic) bond motifs is 1.